The number of aryl methyl sites for hydroxylation is 1. The molecule has 0 aliphatic rings. The molecule has 8 heteroatoms. The Morgan fingerprint density at radius 1 is 1.53 bits per heavy atom. The molecular formula is C9H11F3N2O3. The number of carboxylic acids is 1. The number of hydrogen-bond donors (Lipinski definition) is 1. The lowest BCUT2D eigenvalue weighted by atomic mass is 10.4. The van der Waals surface area contributed by atoms with Crippen LogP contribution < -0.4 is 0 Å². The van der Waals surface area contributed by atoms with Gasteiger partial charge in [0.1, 0.15) is 6.61 Å². The maximum atomic E-state index is 11.7. The average molecular weight is 252 g/mol. The van der Waals surface area contributed by atoms with Gasteiger partial charge in [0, 0.05) is 19.3 Å². The molecule has 1 rings (SSSR count). The van der Waals surface area contributed by atoms with Crippen LogP contribution in [-0.4, -0.2) is 40.2 Å². The monoisotopic (exact) mass is 252 g/mol. The Labute approximate surface area is 94.8 Å². The van der Waals surface area contributed by atoms with E-state index in [1.54, 1.807) is 0 Å². The van der Waals surface area contributed by atoms with Crippen LogP contribution in [0.3, 0.4) is 0 Å². The lowest BCUT2D eigenvalue weighted by molar-refractivity contribution is -0.174. The van der Waals surface area contributed by atoms with Gasteiger partial charge in [-0.05, 0) is 6.42 Å². The van der Waals surface area contributed by atoms with Crippen molar-refractivity contribution in [3.05, 3.63) is 18.0 Å². The summed E-state index contributed by atoms with van der Waals surface area (Å²) < 4.78 is 40.8. The number of carboxylic acid groups (broad SMARTS) is 1. The average Bonchev–Trinajstić information content (AvgIpc) is 2.64. The molecule has 0 bridgehead atoms. The molecule has 0 aromatic carbocycles. The van der Waals surface area contributed by atoms with Crippen molar-refractivity contribution < 1.29 is 27.8 Å². The Hall–Kier alpha value is -1.57. The molecule has 0 aliphatic carbocycles. The summed E-state index contributed by atoms with van der Waals surface area (Å²) in [5, 5.41) is 12.3. The summed E-state index contributed by atoms with van der Waals surface area (Å²) in [4.78, 5) is 10.5. The third kappa shape index (κ3) is 5.34. The molecule has 0 saturated carbocycles. The maximum absolute atomic E-state index is 11.7. The minimum atomic E-state index is -4.32. The molecule has 0 amide bonds. The van der Waals surface area contributed by atoms with Gasteiger partial charge < -0.3 is 9.84 Å². The zero-order valence-electron chi connectivity index (χ0n) is 8.78. The number of aromatic carboxylic acids is 1. The van der Waals surface area contributed by atoms with Gasteiger partial charge in [0.05, 0.1) is 11.8 Å². The number of carbonyl (C=O) groups is 1. The van der Waals surface area contributed by atoms with Gasteiger partial charge in [-0.25, -0.2) is 4.79 Å². The highest BCUT2D eigenvalue weighted by Crippen LogP contribution is 2.14. The van der Waals surface area contributed by atoms with E-state index >= 15 is 0 Å². The second-order valence-corrected chi connectivity index (χ2v) is 3.32. The Balaban J connectivity index is 2.20. The normalized spacial score (nSPS) is 11.7. The van der Waals surface area contributed by atoms with E-state index in [2.05, 4.69) is 9.84 Å². The fraction of sp³-hybridized carbons (Fsp3) is 0.556. The van der Waals surface area contributed by atoms with Crippen molar-refractivity contribution in [1.82, 2.24) is 9.78 Å². The van der Waals surface area contributed by atoms with Crippen molar-refractivity contribution in [2.75, 3.05) is 13.2 Å². The predicted octanol–water partition coefficient (Wildman–Crippen LogP) is 1.55. The van der Waals surface area contributed by atoms with Gasteiger partial charge in [-0.2, -0.15) is 18.3 Å². The van der Waals surface area contributed by atoms with E-state index in [0.717, 1.165) is 0 Å². The van der Waals surface area contributed by atoms with Crippen molar-refractivity contribution in [3.63, 3.8) is 0 Å². The van der Waals surface area contributed by atoms with Crippen LogP contribution in [0, 0.1) is 0 Å². The van der Waals surface area contributed by atoms with E-state index in [1.807, 2.05) is 0 Å². The third-order valence-corrected chi connectivity index (χ3v) is 1.82. The van der Waals surface area contributed by atoms with E-state index in [0.29, 0.717) is 13.0 Å². The molecular weight excluding hydrogens is 241 g/mol. The first-order valence-corrected chi connectivity index (χ1v) is 4.79. The highest BCUT2D eigenvalue weighted by Gasteiger charge is 2.27. The van der Waals surface area contributed by atoms with Crippen LogP contribution in [0.2, 0.25) is 0 Å². The molecule has 5 nitrogen and oxygen atoms in total. The molecule has 1 aromatic heterocycles. The molecule has 0 aliphatic heterocycles. The SMILES string of the molecule is O=C(O)c1cnn(CCCOCC(F)(F)F)c1. The second kappa shape index (κ2) is 5.67. The van der Waals surface area contributed by atoms with E-state index in [-0.39, 0.29) is 12.2 Å². The van der Waals surface area contributed by atoms with Gasteiger partial charge in [0.15, 0.2) is 0 Å². The fourth-order valence-electron chi connectivity index (χ4n) is 1.11. The minimum Gasteiger partial charge on any atom is -0.478 e. The summed E-state index contributed by atoms with van der Waals surface area (Å²) in [7, 11) is 0. The molecule has 0 radical (unpaired) electrons. The van der Waals surface area contributed by atoms with Crippen LogP contribution in [-0.2, 0) is 11.3 Å². The van der Waals surface area contributed by atoms with Crippen LogP contribution in [0.15, 0.2) is 12.4 Å². The van der Waals surface area contributed by atoms with Gasteiger partial charge in [0.2, 0.25) is 0 Å². The van der Waals surface area contributed by atoms with E-state index in [1.165, 1.54) is 17.1 Å². The van der Waals surface area contributed by atoms with Crippen molar-refractivity contribution in [2.24, 2.45) is 0 Å². The van der Waals surface area contributed by atoms with Crippen LogP contribution in [0.25, 0.3) is 0 Å². The van der Waals surface area contributed by atoms with Gasteiger partial charge in [-0.3, -0.25) is 4.68 Å². The second-order valence-electron chi connectivity index (χ2n) is 3.32. The van der Waals surface area contributed by atoms with Gasteiger partial charge in [-0.1, -0.05) is 0 Å². The number of halogens is 3. The molecule has 1 N–H and O–H groups in total. The Kier molecular flexibility index (Phi) is 4.50. The highest BCUT2D eigenvalue weighted by molar-refractivity contribution is 5.86. The third-order valence-electron chi connectivity index (χ3n) is 1.82. The molecule has 96 valence electrons. The molecule has 0 unspecified atom stereocenters. The van der Waals surface area contributed by atoms with Crippen molar-refractivity contribution in [1.29, 1.82) is 0 Å². The maximum Gasteiger partial charge on any atom is 0.411 e. The standard InChI is InChI=1S/C9H11F3N2O3/c10-9(11,12)6-17-3-1-2-14-5-7(4-13-14)8(15)16/h4-5H,1-3,6H2,(H,15,16). The van der Waals surface area contributed by atoms with Crippen LogP contribution >= 0.6 is 0 Å². The number of ether oxygens (including phenoxy) is 1. The highest BCUT2D eigenvalue weighted by atomic mass is 19.4. The molecule has 0 atom stereocenters. The fourth-order valence-corrected chi connectivity index (χ4v) is 1.11. The zero-order chi connectivity index (χ0) is 12.9. The van der Waals surface area contributed by atoms with E-state index < -0.39 is 18.8 Å². The first kappa shape index (κ1) is 13.5. The summed E-state index contributed by atoms with van der Waals surface area (Å²) in [6, 6.07) is 0. The number of alkyl halides is 3. The molecule has 0 spiro atoms. The summed E-state index contributed by atoms with van der Waals surface area (Å²) in [5.41, 5.74) is 0.0428. The first-order chi connectivity index (χ1) is 7.88. The topological polar surface area (TPSA) is 64.3 Å². The van der Waals surface area contributed by atoms with Crippen LogP contribution in [0.4, 0.5) is 13.2 Å². The number of hydrogen-bond acceptors (Lipinski definition) is 3. The Bertz CT molecular complexity index is 376. The summed E-state index contributed by atoms with van der Waals surface area (Å²) >= 11 is 0. The smallest absolute Gasteiger partial charge is 0.411 e. The molecule has 1 heterocycles. The van der Waals surface area contributed by atoms with Gasteiger partial charge in [-0.15, -0.1) is 0 Å². The lowest BCUT2D eigenvalue weighted by Crippen LogP contribution is -2.17. The number of nitrogens with zero attached hydrogens (tertiary/aromatic N) is 2. The Morgan fingerprint density at radius 3 is 2.76 bits per heavy atom. The summed E-state index contributed by atoms with van der Waals surface area (Å²) in [5.74, 6) is -1.09. The van der Waals surface area contributed by atoms with Gasteiger partial charge in [0.25, 0.3) is 0 Å². The Morgan fingerprint density at radius 2 is 2.24 bits per heavy atom. The minimum absolute atomic E-state index is 0.0428. The molecule has 17 heavy (non-hydrogen) atoms. The summed E-state index contributed by atoms with van der Waals surface area (Å²) in [6.45, 7) is -1.01. The van der Waals surface area contributed by atoms with Gasteiger partial charge >= 0.3 is 12.1 Å². The first-order valence-electron chi connectivity index (χ1n) is 4.79. The largest absolute Gasteiger partial charge is 0.478 e. The number of aromatic nitrogens is 2. The van der Waals surface area contributed by atoms with Crippen molar-refractivity contribution >= 4 is 5.97 Å². The molecule has 0 saturated heterocycles. The molecule has 0 fully saturated rings. The predicted molar refractivity (Wildman–Crippen MR) is 50.7 cm³/mol. The lowest BCUT2D eigenvalue weighted by Gasteiger charge is -2.07. The summed E-state index contributed by atoms with van der Waals surface area (Å²) in [6.07, 6.45) is -1.50. The van der Waals surface area contributed by atoms with Crippen molar-refractivity contribution in [3.8, 4) is 0 Å². The van der Waals surface area contributed by atoms with Crippen LogP contribution in [0.1, 0.15) is 16.8 Å². The quantitative estimate of drug-likeness (QED) is 0.780. The van der Waals surface area contributed by atoms with Crippen molar-refractivity contribution in [2.45, 2.75) is 19.1 Å². The molecule has 1 aromatic rings. The van der Waals surface area contributed by atoms with E-state index in [9.17, 15) is 18.0 Å². The number of rotatable bonds is 6. The van der Waals surface area contributed by atoms with E-state index in [4.69, 9.17) is 5.11 Å². The van der Waals surface area contributed by atoms with Crippen LogP contribution in [0.5, 0.6) is 0 Å². The zero-order valence-corrected chi connectivity index (χ0v) is 8.78.